The second kappa shape index (κ2) is 11.2. The molecule has 0 bridgehead atoms. The summed E-state index contributed by atoms with van der Waals surface area (Å²) in [5.41, 5.74) is 3.90. The standard InChI is InChI=1S/C30H31NO5/c1-20-10-8-9-13-24(20)26-17-29(32)36-28-16-23(14-15-25(26)28)35-21(2)27(30(33)31(3)4)19-34-18-22-11-6-5-7-12-22/h5-17,21,27H,18-19H2,1-4H3/t21?,27-/m0/s1. The Morgan fingerprint density at radius 3 is 2.39 bits per heavy atom. The number of ether oxygens (including phenoxy) is 2. The summed E-state index contributed by atoms with van der Waals surface area (Å²) in [6.45, 7) is 4.49. The van der Waals surface area contributed by atoms with Crippen molar-refractivity contribution >= 4 is 16.9 Å². The Bertz CT molecular complexity index is 1390. The predicted molar refractivity (Wildman–Crippen MR) is 141 cm³/mol. The van der Waals surface area contributed by atoms with Crippen molar-refractivity contribution in [3.63, 3.8) is 0 Å². The highest BCUT2D eigenvalue weighted by Crippen LogP contribution is 2.32. The van der Waals surface area contributed by atoms with E-state index in [9.17, 15) is 9.59 Å². The Hall–Kier alpha value is -3.90. The second-order valence-electron chi connectivity index (χ2n) is 9.11. The summed E-state index contributed by atoms with van der Waals surface area (Å²) in [6, 6.07) is 24.7. The molecule has 0 aliphatic carbocycles. The van der Waals surface area contributed by atoms with Crippen LogP contribution >= 0.6 is 0 Å². The molecule has 4 rings (SSSR count). The van der Waals surface area contributed by atoms with Crippen molar-refractivity contribution in [2.24, 2.45) is 5.92 Å². The maximum atomic E-state index is 12.9. The van der Waals surface area contributed by atoms with E-state index >= 15 is 0 Å². The molecular weight excluding hydrogens is 454 g/mol. The fourth-order valence-corrected chi connectivity index (χ4v) is 4.23. The first-order chi connectivity index (χ1) is 17.3. The first kappa shape index (κ1) is 25.2. The number of carbonyl (C=O) groups excluding carboxylic acids is 1. The summed E-state index contributed by atoms with van der Waals surface area (Å²) in [5, 5.41) is 0.816. The maximum Gasteiger partial charge on any atom is 0.336 e. The van der Waals surface area contributed by atoms with Gasteiger partial charge in [-0.1, -0.05) is 54.6 Å². The van der Waals surface area contributed by atoms with Gasteiger partial charge in [-0.2, -0.15) is 0 Å². The number of fused-ring (bicyclic) bond motifs is 1. The van der Waals surface area contributed by atoms with Gasteiger partial charge in [0.25, 0.3) is 0 Å². The number of amides is 1. The van der Waals surface area contributed by atoms with Crippen LogP contribution in [0.3, 0.4) is 0 Å². The van der Waals surface area contributed by atoms with Gasteiger partial charge in [-0.3, -0.25) is 4.79 Å². The van der Waals surface area contributed by atoms with Crippen molar-refractivity contribution in [1.29, 1.82) is 0 Å². The minimum atomic E-state index is -0.510. The maximum absolute atomic E-state index is 12.9. The van der Waals surface area contributed by atoms with Crippen LogP contribution in [0, 0.1) is 12.8 Å². The van der Waals surface area contributed by atoms with Crippen LogP contribution in [-0.2, 0) is 16.1 Å². The number of rotatable bonds is 9. The molecule has 1 unspecified atom stereocenters. The molecular formula is C30H31NO5. The molecule has 0 spiro atoms. The van der Waals surface area contributed by atoms with E-state index in [0.717, 1.165) is 27.6 Å². The number of carbonyl (C=O) groups is 1. The molecule has 36 heavy (non-hydrogen) atoms. The summed E-state index contributed by atoms with van der Waals surface area (Å²) >= 11 is 0. The lowest BCUT2D eigenvalue weighted by molar-refractivity contribution is -0.138. The van der Waals surface area contributed by atoms with Gasteiger partial charge in [-0.25, -0.2) is 4.79 Å². The van der Waals surface area contributed by atoms with Crippen molar-refractivity contribution < 1.29 is 18.7 Å². The van der Waals surface area contributed by atoms with Crippen molar-refractivity contribution in [2.75, 3.05) is 20.7 Å². The Balaban J connectivity index is 1.56. The fourth-order valence-electron chi connectivity index (χ4n) is 4.23. The highest BCUT2D eigenvalue weighted by atomic mass is 16.5. The number of hydrogen-bond donors (Lipinski definition) is 0. The van der Waals surface area contributed by atoms with E-state index in [0.29, 0.717) is 17.9 Å². The van der Waals surface area contributed by atoms with E-state index in [4.69, 9.17) is 13.9 Å². The van der Waals surface area contributed by atoms with Crippen LogP contribution < -0.4 is 10.4 Å². The molecule has 2 atom stereocenters. The second-order valence-corrected chi connectivity index (χ2v) is 9.11. The number of nitrogens with zero attached hydrogens (tertiary/aromatic N) is 1. The SMILES string of the molecule is Cc1ccccc1-c1cc(=O)oc2cc(OC(C)[C@H](COCc3ccccc3)C(=O)N(C)C)ccc12. The van der Waals surface area contributed by atoms with Gasteiger partial charge < -0.3 is 18.8 Å². The van der Waals surface area contributed by atoms with Crippen LogP contribution in [0.25, 0.3) is 22.1 Å². The zero-order chi connectivity index (χ0) is 25.7. The smallest absolute Gasteiger partial charge is 0.336 e. The van der Waals surface area contributed by atoms with Gasteiger partial charge in [-0.05, 0) is 42.7 Å². The molecule has 6 nitrogen and oxygen atoms in total. The molecule has 0 radical (unpaired) electrons. The molecule has 0 saturated heterocycles. The van der Waals surface area contributed by atoms with E-state index in [1.54, 1.807) is 25.1 Å². The van der Waals surface area contributed by atoms with Crippen LogP contribution in [0.2, 0.25) is 0 Å². The Morgan fingerprint density at radius 1 is 0.944 bits per heavy atom. The number of benzene rings is 3. The van der Waals surface area contributed by atoms with Gasteiger partial charge in [0.2, 0.25) is 5.91 Å². The Kier molecular flexibility index (Phi) is 7.86. The lowest BCUT2D eigenvalue weighted by Gasteiger charge is -2.26. The van der Waals surface area contributed by atoms with Crippen molar-refractivity contribution in [3.8, 4) is 16.9 Å². The van der Waals surface area contributed by atoms with Crippen molar-refractivity contribution in [1.82, 2.24) is 4.90 Å². The average Bonchev–Trinajstić information content (AvgIpc) is 2.86. The van der Waals surface area contributed by atoms with Gasteiger partial charge >= 0.3 is 5.63 Å². The summed E-state index contributed by atoms with van der Waals surface area (Å²) < 4.78 is 17.6. The Labute approximate surface area is 211 Å². The minimum Gasteiger partial charge on any atom is -0.490 e. The molecule has 4 aromatic rings. The van der Waals surface area contributed by atoms with Crippen molar-refractivity contribution in [3.05, 3.63) is 100 Å². The number of hydrogen-bond acceptors (Lipinski definition) is 5. The number of aryl methyl sites for hydroxylation is 1. The molecule has 1 amide bonds. The molecule has 0 saturated carbocycles. The third-order valence-electron chi connectivity index (χ3n) is 6.21. The van der Waals surface area contributed by atoms with E-state index < -0.39 is 17.6 Å². The fraction of sp³-hybridized carbons (Fsp3) is 0.267. The van der Waals surface area contributed by atoms with Gasteiger partial charge in [0.05, 0.1) is 19.1 Å². The van der Waals surface area contributed by atoms with Crippen LogP contribution in [-0.4, -0.2) is 37.6 Å². The predicted octanol–water partition coefficient (Wildman–Crippen LogP) is 5.46. The monoisotopic (exact) mass is 485 g/mol. The molecule has 1 heterocycles. The van der Waals surface area contributed by atoms with Crippen LogP contribution in [0.1, 0.15) is 18.1 Å². The molecule has 0 aliphatic rings. The van der Waals surface area contributed by atoms with Crippen LogP contribution in [0.5, 0.6) is 5.75 Å². The molecule has 0 aliphatic heterocycles. The van der Waals surface area contributed by atoms with Crippen LogP contribution in [0.15, 0.2) is 88.1 Å². The first-order valence-corrected chi connectivity index (χ1v) is 12.0. The van der Waals surface area contributed by atoms with E-state index in [1.807, 2.05) is 80.6 Å². The van der Waals surface area contributed by atoms with Crippen molar-refractivity contribution in [2.45, 2.75) is 26.6 Å². The first-order valence-electron chi connectivity index (χ1n) is 12.0. The van der Waals surface area contributed by atoms with E-state index in [2.05, 4.69) is 0 Å². The molecule has 0 N–H and O–H groups in total. The highest BCUT2D eigenvalue weighted by Gasteiger charge is 2.29. The van der Waals surface area contributed by atoms with Gasteiger partial charge in [0.1, 0.15) is 17.4 Å². The summed E-state index contributed by atoms with van der Waals surface area (Å²) in [5.74, 6) is -0.0749. The normalized spacial score (nSPS) is 12.8. The van der Waals surface area contributed by atoms with Gasteiger partial charge in [0.15, 0.2) is 0 Å². The topological polar surface area (TPSA) is 69.0 Å². The average molecular weight is 486 g/mol. The quantitative estimate of drug-likeness (QED) is 0.295. The third-order valence-corrected chi connectivity index (χ3v) is 6.21. The van der Waals surface area contributed by atoms with Gasteiger partial charge in [-0.15, -0.1) is 0 Å². The summed E-state index contributed by atoms with van der Waals surface area (Å²) in [4.78, 5) is 26.8. The van der Waals surface area contributed by atoms with E-state index in [1.165, 1.54) is 6.07 Å². The molecule has 3 aromatic carbocycles. The largest absolute Gasteiger partial charge is 0.490 e. The highest BCUT2D eigenvalue weighted by molar-refractivity contribution is 5.94. The molecule has 0 fully saturated rings. The molecule has 6 heteroatoms. The van der Waals surface area contributed by atoms with Crippen LogP contribution in [0.4, 0.5) is 0 Å². The Morgan fingerprint density at radius 2 is 1.67 bits per heavy atom. The molecule has 1 aromatic heterocycles. The minimum absolute atomic E-state index is 0.0790. The van der Waals surface area contributed by atoms with E-state index in [-0.39, 0.29) is 12.5 Å². The third kappa shape index (κ3) is 5.83. The zero-order valence-corrected chi connectivity index (χ0v) is 21.1. The molecule has 186 valence electrons. The lowest BCUT2D eigenvalue weighted by atomic mass is 9.98. The summed E-state index contributed by atoms with van der Waals surface area (Å²) in [7, 11) is 3.44. The summed E-state index contributed by atoms with van der Waals surface area (Å²) in [6.07, 6.45) is -0.473. The van der Waals surface area contributed by atoms with Gasteiger partial charge in [0, 0.05) is 37.2 Å². The lowest BCUT2D eigenvalue weighted by Crippen LogP contribution is -2.41. The zero-order valence-electron chi connectivity index (χ0n) is 21.1.